The third-order valence-corrected chi connectivity index (χ3v) is 4.22. The van der Waals surface area contributed by atoms with Crippen LogP contribution in [-0.2, 0) is 9.59 Å². The molecular formula is C19H19NO3. The molecule has 3 rings (SSSR count). The molecule has 2 N–H and O–H groups in total. The predicted octanol–water partition coefficient (Wildman–Crippen LogP) is 3.44. The van der Waals surface area contributed by atoms with Crippen molar-refractivity contribution in [1.82, 2.24) is 5.32 Å². The molecule has 2 unspecified atom stereocenters. The number of fused-ring (bicyclic) bond motifs is 1. The van der Waals surface area contributed by atoms with Crippen LogP contribution >= 0.6 is 0 Å². The zero-order valence-electron chi connectivity index (χ0n) is 12.7. The first kappa shape index (κ1) is 15.3. The Morgan fingerprint density at radius 3 is 2.65 bits per heavy atom. The van der Waals surface area contributed by atoms with Gasteiger partial charge in [-0.15, -0.1) is 0 Å². The Kier molecular flexibility index (Phi) is 4.42. The summed E-state index contributed by atoms with van der Waals surface area (Å²) < 4.78 is 0. The van der Waals surface area contributed by atoms with E-state index in [0.717, 1.165) is 23.6 Å². The Hall–Kier alpha value is -2.62. The van der Waals surface area contributed by atoms with Crippen LogP contribution in [0.2, 0.25) is 0 Å². The van der Waals surface area contributed by atoms with E-state index in [1.807, 2.05) is 42.5 Å². The van der Waals surface area contributed by atoms with Gasteiger partial charge in [0.25, 0.3) is 0 Å². The van der Waals surface area contributed by atoms with Crippen molar-refractivity contribution in [3.63, 3.8) is 0 Å². The molecule has 1 amide bonds. The van der Waals surface area contributed by atoms with Crippen LogP contribution in [0, 0.1) is 5.92 Å². The smallest absolute Gasteiger partial charge is 0.330 e. The molecule has 1 aliphatic carbocycles. The largest absolute Gasteiger partial charge is 0.479 e. The van der Waals surface area contributed by atoms with Crippen LogP contribution in [0.1, 0.15) is 30.9 Å². The summed E-state index contributed by atoms with van der Waals surface area (Å²) in [6.07, 6.45) is 6.39. The van der Waals surface area contributed by atoms with Crippen molar-refractivity contribution in [3.05, 3.63) is 60.2 Å². The standard InChI is InChI=1S/C19H19NO3/c21-17(11-13-5-1-2-6-13)20-18(19(22)23)16-10-9-14-7-3-4-8-15(14)12-16/h1,3-5,7-10,12-13,18H,2,6,11H2,(H,20,21)(H,22,23). The van der Waals surface area contributed by atoms with Crippen molar-refractivity contribution in [2.24, 2.45) is 5.92 Å². The lowest BCUT2D eigenvalue weighted by atomic mass is 10.0. The number of carbonyl (C=O) groups is 2. The number of hydrogen-bond donors (Lipinski definition) is 2. The summed E-state index contributed by atoms with van der Waals surface area (Å²) >= 11 is 0. The summed E-state index contributed by atoms with van der Waals surface area (Å²) in [5, 5.41) is 14.1. The van der Waals surface area contributed by atoms with Crippen molar-refractivity contribution < 1.29 is 14.7 Å². The van der Waals surface area contributed by atoms with E-state index in [2.05, 4.69) is 11.4 Å². The Bertz CT molecular complexity index is 766. The highest BCUT2D eigenvalue weighted by Crippen LogP contribution is 2.23. The molecule has 0 aromatic heterocycles. The topological polar surface area (TPSA) is 66.4 Å². The highest BCUT2D eigenvalue weighted by Gasteiger charge is 2.23. The molecule has 118 valence electrons. The van der Waals surface area contributed by atoms with Crippen LogP contribution in [0.3, 0.4) is 0 Å². The molecule has 0 aliphatic heterocycles. The number of rotatable bonds is 5. The first-order valence-corrected chi connectivity index (χ1v) is 7.81. The maximum Gasteiger partial charge on any atom is 0.330 e. The van der Waals surface area contributed by atoms with Gasteiger partial charge in [0, 0.05) is 6.42 Å². The summed E-state index contributed by atoms with van der Waals surface area (Å²) in [7, 11) is 0. The molecule has 2 atom stereocenters. The SMILES string of the molecule is O=C(CC1C=CCC1)NC(C(=O)O)c1ccc2ccccc2c1. The van der Waals surface area contributed by atoms with Crippen LogP contribution in [0.15, 0.2) is 54.6 Å². The van der Waals surface area contributed by atoms with Crippen LogP contribution in [0.5, 0.6) is 0 Å². The number of carboxylic acid groups (broad SMARTS) is 1. The average molecular weight is 309 g/mol. The average Bonchev–Trinajstić information content (AvgIpc) is 3.05. The highest BCUT2D eigenvalue weighted by molar-refractivity contribution is 5.88. The minimum absolute atomic E-state index is 0.220. The summed E-state index contributed by atoms with van der Waals surface area (Å²) in [4.78, 5) is 23.7. The van der Waals surface area contributed by atoms with E-state index in [4.69, 9.17) is 0 Å². The monoisotopic (exact) mass is 309 g/mol. The molecule has 1 aliphatic rings. The van der Waals surface area contributed by atoms with Gasteiger partial charge in [0.1, 0.15) is 0 Å². The van der Waals surface area contributed by atoms with Gasteiger partial charge < -0.3 is 10.4 Å². The molecule has 0 fully saturated rings. The van der Waals surface area contributed by atoms with Gasteiger partial charge in [-0.05, 0) is 41.2 Å². The van der Waals surface area contributed by atoms with Gasteiger partial charge in [0.15, 0.2) is 6.04 Å². The number of carbonyl (C=O) groups excluding carboxylic acids is 1. The fourth-order valence-electron chi connectivity index (χ4n) is 3.00. The maximum absolute atomic E-state index is 12.1. The van der Waals surface area contributed by atoms with Crippen molar-refractivity contribution in [2.75, 3.05) is 0 Å². The number of benzene rings is 2. The molecule has 0 bridgehead atoms. The van der Waals surface area contributed by atoms with E-state index in [9.17, 15) is 14.7 Å². The second-order valence-electron chi connectivity index (χ2n) is 5.92. The van der Waals surface area contributed by atoms with Gasteiger partial charge >= 0.3 is 5.97 Å². The van der Waals surface area contributed by atoms with E-state index < -0.39 is 12.0 Å². The number of allylic oxidation sites excluding steroid dienone is 2. The van der Waals surface area contributed by atoms with Crippen molar-refractivity contribution >= 4 is 22.6 Å². The van der Waals surface area contributed by atoms with E-state index >= 15 is 0 Å². The zero-order valence-corrected chi connectivity index (χ0v) is 12.7. The van der Waals surface area contributed by atoms with E-state index in [-0.39, 0.29) is 11.8 Å². The molecule has 0 saturated heterocycles. The normalized spacial score (nSPS) is 18.0. The molecular weight excluding hydrogens is 290 g/mol. The molecule has 0 saturated carbocycles. The summed E-state index contributed by atoms with van der Waals surface area (Å²) in [6.45, 7) is 0. The number of amides is 1. The Morgan fingerprint density at radius 1 is 1.17 bits per heavy atom. The third kappa shape index (κ3) is 3.59. The second-order valence-corrected chi connectivity index (χ2v) is 5.92. The second kappa shape index (κ2) is 6.65. The molecule has 2 aromatic rings. The summed E-state index contributed by atoms with van der Waals surface area (Å²) in [5.41, 5.74) is 0.589. The van der Waals surface area contributed by atoms with Crippen molar-refractivity contribution in [3.8, 4) is 0 Å². The van der Waals surface area contributed by atoms with Gasteiger partial charge in [-0.2, -0.15) is 0 Å². The first-order chi connectivity index (χ1) is 11.1. The summed E-state index contributed by atoms with van der Waals surface area (Å²) in [5.74, 6) is -1.04. The lowest BCUT2D eigenvalue weighted by molar-refractivity contribution is -0.142. The van der Waals surface area contributed by atoms with Crippen LogP contribution in [0.4, 0.5) is 0 Å². The van der Waals surface area contributed by atoms with Gasteiger partial charge in [0.2, 0.25) is 5.91 Å². The molecule has 0 heterocycles. The Labute approximate surface area is 134 Å². The molecule has 23 heavy (non-hydrogen) atoms. The Morgan fingerprint density at radius 2 is 1.96 bits per heavy atom. The number of hydrogen-bond acceptors (Lipinski definition) is 2. The maximum atomic E-state index is 12.1. The quantitative estimate of drug-likeness (QED) is 0.831. The predicted molar refractivity (Wildman–Crippen MR) is 88.9 cm³/mol. The fraction of sp³-hybridized carbons (Fsp3) is 0.263. The molecule has 4 heteroatoms. The zero-order chi connectivity index (χ0) is 16.2. The highest BCUT2D eigenvalue weighted by atomic mass is 16.4. The van der Waals surface area contributed by atoms with Crippen LogP contribution in [-0.4, -0.2) is 17.0 Å². The van der Waals surface area contributed by atoms with Crippen molar-refractivity contribution in [2.45, 2.75) is 25.3 Å². The molecule has 0 spiro atoms. The van der Waals surface area contributed by atoms with Crippen molar-refractivity contribution in [1.29, 1.82) is 0 Å². The molecule has 2 aromatic carbocycles. The van der Waals surface area contributed by atoms with Gasteiger partial charge in [-0.1, -0.05) is 48.6 Å². The van der Waals surface area contributed by atoms with Crippen LogP contribution in [0.25, 0.3) is 10.8 Å². The first-order valence-electron chi connectivity index (χ1n) is 7.81. The third-order valence-electron chi connectivity index (χ3n) is 4.22. The lowest BCUT2D eigenvalue weighted by Gasteiger charge is -2.17. The van der Waals surface area contributed by atoms with E-state index in [0.29, 0.717) is 12.0 Å². The van der Waals surface area contributed by atoms with Gasteiger partial charge in [-0.3, -0.25) is 4.79 Å². The van der Waals surface area contributed by atoms with E-state index in [1.165, 1.54) is 0 Å². The van der Waals surface area contributed by atoms with E-state index in [1.54, 1.807) is 6.07 Å². The fourth-order valence-corrected chi connectivity index (χ4v) is 3.00. The molecule has 4 nitrogen and oxygen atoms in total. The minimum atomic E-state index is -1.05. The minimum Gasteiger partial charge on any atom is -0.479 e. The number of nitrogens with one attached hydrogen (secondary N) is 1. The Balaban J connectivity index is 1.78. The number of aliphatic carboxylic acids is 1. The summed E-state index contributed by atoms with van der Waals surface area (Å²) in [6, 6.07) is 12.2. The van der Waals surface area contributed by atoms with Crippen LogP contribution < -0.4 is 5.32 Å². The molecule has 0 radical (unpaired) electrons. The van der Waals surface area contributed by atoms with Gasteiger partial charge in [-0.25, -0.2) is 4.79 Å². The van der Waals surface area contributed by atoms with Gasteiger partial charge in [0.05, 0.1) is 0 Å². The lowest BCUT2D eigenvalue weighted by Crippen LogP contribution is -2.34. The number of carboxylic acids is 1.